The summed E-state index contributed by atoms with van der Waals surface area (Å²) in [5, 5.41) is 9.06. The van der Waals surface area contributed by atoms with Gasteiger partial charge in [0.1, 0.15) is 0 Å². The highest BCUT2D eigenvalue weighted by Crippen LogP contribution is 2.18. The summed E-state index contributed by atoms with van der Waals surface area (Å²) in [5.41, 5.74) is 0.0105. The van der Waals surface area contributed by atoms with Gasteiger partial charge >= 0.3 is 5.97 Å². The van der Waals surface area contributed by atoms with E-state index in [0.717, 1.165) is 26.2 Å². The number of halogens is 1. The van der Waals surface area contributed by atoms with Crippen molar-refractivity contribution in [3.05, 3.63) is 16.4 Å². The number of hydrogen-bond acceptors (Lipinski definition) is 5. The van der Waals surface area contributed by atoms with Crippen LogP contribution in [0.3, 0.4) is 0 Å². The normalized spacial score (nSPS) is 16.9. The summed E-state index contributed by atoms with van der Waals surface area (Å²) in [6, 6.07) is 0.530. The number of hydrogen-bond donors (Lipinski definition) is 1. The van der Waals surface area contributed by atoms with Gasteiger partial charge in [0.05, 0.1) is 4.47 Å². The maximum Gasteiger partial charge on any atom is 0.355 e. The van der Waals surface area contributed by atoms with Crippen molar-refractivity contribution in [2.24, 2.45) is 0 Å². The van der Waals surface area contributed by atoms with Gasteiger partial charge in [0.2, 0.25) is 5.95 Å². The third-order valence-electron chi connectivity index (χ3n) is 3.26. The number of carboxylic acids is 1. The molecule has 1 aromatic heterocycles. The number of nitrogens with zero attached hydrogens (tertiary/aromatic N) is 4. The molecule has 0 spiro atoms. The summed E-state index contributed by atoms with van der Waals surface area (Å²) >= 11 is 3.15. The number of carboxylic acid groups (broad SMARTS) is 1. The summed E-state index contributed by atoms with van der Waals surface area (Å²) < 4.78 is 0.407. The Morgan fingerprint density at radius 1 is 1.37 bits per heavy atom. The van der Waals surface area contributed by atoms with E-state index in [-0.39, 0.29) is 5.69 Å². The molecule has 19 heavy (non-hydrogen) atoms. The molecular weight excluding hydrogens is 312 g/mol. The van der Waals surface area contributed by atoms with Crippen molar-refractivity contribution in [1.29, 1.82) is 0 Å². The lowest BCUT2D eigenvalue weighted by molar-refractivity contribution is 0.0689. The molecule has 1 N–H and O–H groups in total. The molecule has 7 heteroatoms. The van der Waals surface area contributed by atoms with Crippen molar-refractivity contribution in [2.75, 3.05) is 31.1 Å². The van der Waals surface area contributed by atoms with Crippen molar-refractivity contribution in [3.63, 3.8) is 0 Å². The van der Waals surface area contributed by atoms with Crippen molar-refractivity contribution in [3.8, 4) is 0 Å². The molecule has 1 saturated heterocycles. The van der Waals surface area contributed by atoms with E-state index < -0.39 is 5.97 Å². The zero-order valence-corrected chi connectivity index (χ0v) is 12.6. The molecule has 1 aliphatic rings. The van der Waals surface area contributed by atoms with Gasteiger partial charge in [0, 0.05) is 38.4 Å². The third kappa shape index (κ3) is 3.22. The molecule has 2 rings (SSSR count). The minimum absolute atomic E-state index is 0.0105. The van der Waals surface area contributed by atoms with Gasteiger partial charge in [-0.25, -0.2) is 14.8 Å². The molecule has 0 aliphatic carbocycles. The first kappa shape index (κ1) is 14.2. The minimum Gasteiger partial charge on any atom is -0.476 e. The topological polar surface area (TPSA) is 69.6 Å². The standard InChI is InChI=1S/C12H17BrN4O2/c1-8(2)16-3-5-17(6-4-16)12-14-7-9(13)10(15-12)11(18)19/h7-8H,3-6H2,1-2H3,(H,18,19). The van der Waals surface area contributed by atoms with Gasteiger partial charge in [-0.1, -0.05) is 0 Å². The molecule has 6 nitrogen and oxygen atoms in total. The van der Waals surface area contributed by atoms with Crippen LogP contribution in [-0.4, -0.2) is 58.2 Å². The van der Waals surface area contributed by atoms with Crippen molar-refractivity contribution < 1.29 is 9.90 Å². The van der Waals surface area contributed by atoms with Gasteiger partial charge in [-0.05, 0) is 29.8 Å². The number of carbonyl (C=O) groups is 1. The van der Waals surface area contributed by atoms with Gasteiger partial charge in [-0.2, -0.15) is 0 Å². The Morgan fingerprint density at radius 2 is 2.00 bits per heavy atom. The third-order valence-corrected chi connectivity index (χ3v) is 3.84. The van der Waals surface area contributed by atoms with E-state index in [0.29, 0.717) is 16.5 Å². The lowest BCUT2D eigenvalue weighted by atomic mass is 10.2. The molecule has 0 bridgehead atoms. The Labute approximate surface area is 120 Å². The number of aromatic nitrogens is 2. The number of aromatic carboxylic acids is 1. The summed E-state index contributed by atoms with van der Waals surface area (Å²) in [6.45, 7) is 7.87. The van der Waals surface area contributed by atoms with Crippen molar-refractivity contribution >= 4 is 27.8 Å². The van der Waals surface area contributed by atoms with Crippen molar-refractivity contribution in [1.82, 2.24) is 14.9 Å². The van der Waals surface area contributed by atoms with E-state index in [4.69, 9.17) is 5.11 Å². The molecule has 0 radical (unpaired) electrons. The molecule has 0 aromatic carbocycles. The summed E-state index contributed by atoms with van der Waals surface area (Å²) in [6.07, 6.45) is 1.50. The second-order valence-corrected chi connectivity index (χ2v) is 5.64. The van der Waals surface area contributed by atoms with Crippen LogP contribution in [0.1, 0.15) is 24.3 Å². The van der Waals surface area contributed by atoms with E-state index in [1.54, 1.807) is 0 Å². The first-order chi connectivity index (χ1) is 8.99. The number of rotatable bonds is 3. The molecule has 104 valence electrons. The Balaban J connectivity index is 2.12. The van der Waals surface area contributed by atoms with Crippen molar-refractivity contribution in [2.45, 2.75) is 19.9 Å². The zero-order chi connectivity index (χ0) is 14.0. The average molecular weight is 329 g/mol. The quantitative estimate of drug-likeness (QED) is 0.906. The van der Waals surface area contributed by atoms with Crippen LogP contribution >= 0.6 is 15.9 Å². The van der Waals surface area contributed by atoms with Crippen LogP contribution in [0, 0.1) is 0 Å². The van der Waals surface area contributed by atoms with E-state index >= 15 is 0 Å². The van der Waals surface area contributed by atoms with Crippen LogP contribution < -0.4 is 4.90 Å². The van der Waals surface area contributed by atoms with Crippen LogP contribution in [0.4, 0.5) is 5.95 Å². The minimum atomic E-state index is -1.05. The summed E-state index contributed by atoms with van der Waals surface area (Å²) in [5.74, 6) is -0.555. The van der Waals surface area contributed by atoms with E-state index in [9.17, 15) is 4.79 Å². The van der Waals surface area contributed by atoms with Crippen LogP contribution in [0.2, 0.25) is 0 Å². The predicted octanol–water partition coefficient (Wildman–Crippen LogP) is 1.47. The van der Waals surface area contributed by atoms with Crippen LogP contribution in [0.15, 0.2) is 10.7 Å². The zero-order valence-electron chi connectivity index (χ0n) is 11.0. The fraction of sp³-hybridized carbons (Fsp3) is 0.583. The Kier molecular flexibility index (Phi) is 4.36. The van der Waals surface area contributed by atoms with Crippen LogP contribution in [-0.2, 0) is 0 Å². The smallest absolute Gasteiger partial charge is 0.355 e. The van der Waals surface area contributed by atoms with Gasteiger partial charge in [-0.3, -0.25) is 4.90 Å². The first-order valence-electron chi connectivity index (χ1n) is 6.24. The summed E-state index contributed by atoms with van der Waals surface area (Å²) in [7, 11) is 0. The number of anilines is 1. The monoisotopic (exact) mass is 328 g/mol. The fourth-order valence-corrected chi connectivity index (χ4v) is 2.46. The first-order valence-corrected chi connectivity index (χ1v) is 7.03. The molecule has 1 aliphatic heterocycles. The molecule has 2 heterocycles. The lowest BCUT2D eigenvalue weighted by Crippen LogP contribution is -2.49. The number of piperazine rings is 1. The Hall–Kier alpha value is -1.21. The summed E-state index contributed by atoms with van der Waals surface area (Å²) in [4.78, 5) is 23.8. The predicted molar refractivity (Wildman–Crippen MR) is 75.6 cm³/mol. The molecule has 0 atom stereocenters. The van der Waals surface area contributed by atoms with E-state index in [1.165, 1.54) is 6.20 Å². The molecule has 0 unspecified atom stereocenters. The van der Waals surface area contributed by atoms with E-state index in [1.807, 2.05) is 4.90 Å². The highest BCUT2D eigenvalue weighted by molar-refractivity contribution is 9.10. The average Bonchev–Trinajstić information content (AvgIpc) is 2.39. The molecule has 1 fully saturated rings. The lowest BCUT2D eigenvalue weighted by Gasteiger charge is -2.36. The molecule has 0 amide bonds. The van der Waals surface area contributed by atoms with Crippen LogP contribution in [0.25, 0.3) is 0 Å². The second-order valence-electron chi connectivity index (χ2n) is 4.79. The maximum absolute atomic E-state index is 11.1. The largest absolute Gasteiger partial charge is 0.476 e. The van der Waals surface area contributed by atoms with E-state index in [2.05, 4.69) is 44.6 Å². The SMILES string of the molecule is CC(C)N1CCN(c2ncc(Br)c(C(=O)O)n2)CC1. The highest BCUT2D eigenvalue weighted by atomic mass is 79.9. The highest BCUT2D eigenvalue weighted by Gasteiger charge is 2.22. The van der Waals surface area contributed by atoms with Gasteiger partial charge in [0.15, 0.2) is 5.69 Å². The second kappa shape index (κ2) is 5.83. The Morgan fingerprint density at radius 3 is 2.53 bits per heavy atom. The molecular formula is C12H17BrN4O2. The molecule has 1 aromatic rings. The van der Waals surface area contributed by atoms with Gasteiger partial charge < -0.3 is 10.0 Å². The fourth-order valence-electron chi connectivity index (χ4n) is 2.10. The van der Waals surface area contributed by atoms with Crippen LogP contribution in [0.5, 0.6) is 0 Å². The Bertz CT molecular complexity index is 473. The van der Waals surface area contributed by atoms with Gasteiger partial charge in [-0.15, -0.1) is 0 Å². The van der Waals surface area contributed by atoms with Gasteiger partial charge in [0.25, 0.3) is 0 Å². The molecule has 0 saturated carbocycles. The maximum atomic E-state index is 11.1.